The molecule has 3 nitrogen and oxygen atoms in total. The smallest absolute Gasteiger partial charge is 0.0883 e. The standard InChI is InChI=1S/C4H10IN3/c1-7-3-4(5)6-8(7)2/h4,6H,3H2,1-2H3. The Hall–Kier alpha value is 0.610. The van der Waals surface area contributed by atoms with Gasteiger partial charge in [-0.3, -0.25) is 0 Å². The summed E-state index contributed by atoms with van der Waals surface area (Å²) in [5.41, 5.74) is 3.21. The summed E-state index contributed by atoms with van der Waals surface area (Å²) >= 11 is 2.37. The molecule has 1 rings (SSSR count). The van der Waals surface area contributed by atoms with Crippen LogP contribution in [0.25, 0.3) is 0 Å². The third kappa shape index (κ3) is 1.31. The second-order valence-corrected chi connectivity index (χ2v) is 3.46. The van der Waals surface area contributed by atoms with Crippen LogP contribution in [0.5, 0.6) is 0 Å². The molecule has 0 aliphatic carbocycles. The fourth-order valence-corrected chi connectivity index (χ4v) is 1.67. The van der Waals surface area contributed by atoms with Crippen molar-refractivity contribution < 1.29 is 0 Å². The lowest BCUT2D eigenvalue weighted by Gasteiger charge is -2.16. The highest BCUT2D eigenvalue weighted by molar-refractivity contribution is 14.1. The molecule has 1 heterocycles. The summed E-state index contributed by atoms with van der Waals surface area (Å²) in [5, 5.41) is 4.13. The van der Waals surface area contributed by atoms with Crippen molar-refractivity contribution in [3.05, 3.63) is 0 Å². The van der Waals surface area contributed by atoms with E-state index in [2.05, 4.69) is 40.1 Å². The molecule has 0 aromatic rings. The first kappa shape index (κ1) is 6.73. The quantitative estimate of drug-likeness (QED) is 0.358. The molecule has 1 fully saturated rings. The Morgan fingerprint density at radius 1 is 1.62 bits per heavy atom. The number of nitrogens with one attached hydrogen (secondary N) is 1. The lowest BCUT2D eigenvalue weighted by molar-refractivity contribution is 0.0454. The molecule has 1 saturated heterocycles. The molecule has 8 heavy (non-hydrogen) atoms. The summed E-state index contributed by atoms with van der Waals surface area (Å²) in [6.45, 7) is 1.09. The van der Waals surface area contributed by atoms with Gasteiger partial charge in [0.2, 0.25) is 0 Å². The molecule has 0 bridgehead atoms. The minimum absolute atomic E-state index is 0.572. The molecule has 0 aromatic heterocycles. The first-order valence-electron chi connectivity index (χ1n) is 2.55. The van der Waals surface area contributed by atoms with Crippen LogP contribution in [-0.4, -0.2) is 34.8 Å². The molecule has 48 valence electrons. The van der Waals surface area contributed by atoms with E-state index in [0.29, 0.717) is 4.05 Å². The fraction of sp³-hybridized carbons (Fsp3) is 1.00. The maximum Gasteiger partial charge on any atom is 0.0883 e. The Kier molecular flexibility index (Phi) is 2.07. The number of halogens is 1. The molecule has 0 aromatic carbocycles. The Labute approximate surface area is 63.1 Å². The summed E-state index contributed by atoms with van der Waals surface area (Å²) in [5.74, 6) is 0. The zero-order chi connectivity index (χ0) is 6.15. The van der Waals surface area contributed by atoms with Crippen molar-refractivity contribution in [2.24, 2.45) is 0 Å². The zero-order valence-corrected chi connectivity index (χ0v) is 7.21. The van der Waals surface area contributed by atoms with Crippen LogP contribution >= 0.6 is 22.6 Å². The van der Waals surface area contributed by atoms with Crippen molar-refractivity contribution in [3.63, 3.8) is 0 Å². The molecule has 1 unspecified atom stereocenters. The van der Waals surface area contributed by atoms with Crippen LogP contribution in [0.4, 0.5) is 0 Å². The normalized spacial score (nSPS) is 34.1. The molecule has 1 aliphatic heterocycles. The van der Waals surface area contributed by atoms with Crippen LogP contribution in [0, 0.1) is 0 Å². The van der Waals surface area contributed by atoms with Gasteiger partial charge in [0, 0.05) is 20.6 Å². The number of hydrazine groups is 2. The summed E-state index contributed by atoms with van der Waals surface area (Å²) in [6.07, 6.45) is 0. The van der Waals surface area contributed by atoms with Gasteiger partial charge in [0.1, 0.15) is 0 Å². The first-order valence-corrected chi connectivity index (χ1v) is 3.80. The van der Waals surface area contributed by atoms with Gasteiger partial charge in [-0.15, -0.1) is 0 Å². The lowest BCUT2D eigenvalue weighted by atomic mass is 10.7. The molecular formula is C4H10IN3. The zero-order valence-electron chi connectivity index (χ0n) is 5.06. The van der Waals surface area contributed by atoms with Crippen molar-refractivity contribution in [2.45, 2.75) is 4.05 Å². The molecule has 4 heteroatoms. The van der Waals surface area contributed by atoms with Gasteiger partial charge in [0.15, 0.2) is 0 Å². The van der Waals surface area contributed by atoms with E-state index in [0.717, 1.165) is 6.54 Å². The third-order valence-electron chi connectivity index (χ3n) is 1.26. The molecule has 1 aliphatic rings. The van der Waals surface area contributed by atoms with Crippen LogP contribution in [-0.2, 0) is 0 Å². The number of alkyl halides is 1. The van der Waals surface area contributed by atoms with Gasteiger partial charge in [-0.05, 0) is 0 Å². The van der Waals surface area contributed by atoms with Crippen molar-refractivity contribution in [3.8, 4) is 0 Å². The van der Waals surface area contributed by atoms with E-state index in [1.54, 1.807) is 0 Å². The third-order valence-corrected chi connectivity index (χ3v) is 1.94. The maximum atomic E-state index is 3.21. The minimum Gasteiger partial charge on any atom is -0.229 e. The van der Waals surface area contributed by atoms with E-state index < -0.39 is 0 Å². The highest BCUT2D eigenvalue weighted by Crippen LogP contribution is 2.06. The monoisotopic (exact) mass is 227 g/mol. The number of likely N-dealkylation sites (N-methyl/N-ethyl adjacent to an activating group) is 1. The number of hydrogen-bond acceptors (Lipinski definition) is 3. The van der Waals surface area contributed by atoms with Crippen LogP contribution in [0.15, 0.2) is 0 Å². The molecule has 0 amide bonds. The maximum absolute atomic E-state index is 3.21. The van der Waals surface area contributed by atoms with E-state index in [9.17, 15) is 0 Å². The van der Waals surface area contributed by atoms with Crippen molar-refractivity contribution in [2.75, 3.05) is 20.6 Å². The summed E-state index contributed by atoms with van der Waals surface area (Å²) in [6, 6.07) is 0. The van der Waals surface area contributed by atoms with Crippen molar-refractivity contribution in [1.29, 1.82) is 0 Å². The average molecular weight is 227 g/mol. The molecule has 1 atom stereocenters. The Balaban J connectivity index is 2.39. The van der Waals surface area contributed by atoms with Gasteiger partial charge >= 0.3 is 0 Å². The number of hydrogen-bond donors (Lipinski definition) is 1. The molecule has 0 radical (unpaired) electrons. The Morgan fingerprint density at radius 2 is 2.25 bits per heavy atom. The molecule has 0 saturated carbocycles. The van der Waals surface area contributed by atoms with Crippen molar-refractivity contribution >= 4 is 22.6 Å². The molecule has 0 spiro atoms. The van der Waals surface area contributed by atoms with E-state index in [1.807, 2.05) is 12.2 Å². The second-order valence-electron chi connectivity index (χ2n) is 1.96. The SMILES string of the molecule is CN1CC(I)NN1C. The molecular weight excluding hydrogens is 217 g/mol. The van der Waals surface area contributed by atoms with Gasteiger partial charge in [0.05, 0.1) is 4.05 Å². The summed E-state index contributed by atoms with van der Waals surface area (Å²) < 4.78 is 0.572. The van der Waals surface area contributed by atoms with E-state index in [1.165, 1.54) is 0 Å². The van der Waals surface area contributed by atoms with E-state index >= 15 is 0 Å². The van der Waals surface area contributed by atoms with E-state index in [4.69, 9.17) is 0 Å². The van der Waals surface area contributed by atoms with Crippen LogP contribution < -0.4 is 5.43 Å². The topological polar surface area (TPSA) is 18.5 Å². The van der Waals surface area contributed by atoms with Crippen LogP contribution in [0.3, 0.4) is 0 Å². The highest BCUT2D eigenvalue weighted by Gasteiger charge is 2.19. The van der Waals surface area contributed by atoms with Gasteiger partial charge in [-0.1, -0.05) is 22.6 Å². The summed E-state index contributed by atoms with van der Waals surface area (Å²) in [7, 11) is 4.07. The largest absolute Gasteiger partial charge is 0.229 e. The highest BCUT2D eigenvalue weighted by atomic mass is 127. The lowest BCUT2D eigenvalue weighted by Crippen LogP contribution is -2.35. The van der Waals surface area contributed by atoms with Crippen LogP contribution in [0.1, 0.15) is 0 Å². The predicted octanol–water partition coefficient (Wildman–Crippen LogP) is 0.0443. The van der Waals surface area contributed by atoms with E-state index in [-0.39, 0.29) is 0 Å². The number of rotatable bonds is 0. The molecule has 1 N–H and O–H groups in total. The van der Waals surface area contributed by atoms with Gasteiger partial charge in [-0.25, -0.2) is 10.4 Å². The first-order chi connectivity index (χ1) is 3.70. The van der Waals surface area contributed by atoms with Crippen LogP contribution in [0.2, 0.25) is 0 Å². The fourth-order valence-electron chi connectivity index (χ4n) is 0.697. The predicted molar refractivity (Wildman–Crippen MR) is 41.3 cm³/mol. The average Bonchev–Trinajstić information content (AvgIpc) is 1.85. The Morgan fingerprint density at radius 3 is 2.38 bits per heavy atom. The Bertz CT molecular complexity index is 77.4. The summed E-state index contributed by atoms with van der Waals surface area (Å²) in [4.78, 5) is 0. The van der Waals surface area contributed by atoms with Gasteiger partial charge < -0.3 is 0 Å². The van der Waals surface area contributed by atoms with Crippen molar-refractivity contribution in [1.82, 2.24) is 15.6 Å². The van der Waals surface area contributed by atoms with Gasteiger partial charge in [-0.2, -0.15) is 5.12 Å². The van der Waals surface area contributed by atoms with Gasteiger partial charge in [0.25, 0.3) is 0 Å². The second kappa shape index (κ2) is 2.47. The number of nitrogens with zero attached hydrogens (tertiary/aromatic N) is 2. The minimum atomic E-state index is 0.572.